The SMILES string of the molecule is CC(C)CCN1C(CN)CN(C)CCC1(C)C. The van der Waals surface area contributed by atoms with Crippen molar-refractivity contribution in [2.24, 2.45) is 11.7 Å². The molecule has 1 unspecified atom stereocenters. The van der Waals surface area contributed by atoms with Crippen molar-refractivity contribution in [3.8, 4) is 0 Å². The molecule has 1 aliphatic rings. The Labute approximate surface area is 107 Å². The van der Waals surface area contributed by atoms with E-state index in [1.807, 2.05) is 0 Å². The van der Waals surface area contributed by atoms with Gasteiger partial charge < -0.3 is 10.6 Å². The zero-order valence-electron chi connectivity index (χ0n) is 12.4. The molecule has 1 saturated heterocycles. The van der Waals surface area contributed by atoms with Gasteiger partial charge in [0.2, 0.25) is 0 Å². The number of nitrogens with two attached hydrogens (primary N) is 1. The molecule has 1 atom stereocenters. The summed E-state index contributed by atoms with van der Waals surface area (Å²) in [6.07, 6.45) is 2.50. The van der Waals surface area contributed by atoms with E-state index in [2.05, 4.69) is 44.5 Å². The number of hydrogen-bond donors (Lipinski definition) is 1. The molecule has 0 saturated carbocycles. The summed E-state index contributed by atoms with van der Waals surface area (Å²) < 4.78 is 0. The van der Waals surface area contributed by atoms with E-state index in [1.54, 1.807) is 0 Å². The molecule has 0 aromatic heterocycles. The minimum atomic E-state index is 0.281. The predicted octanol–water partition coefficient (Wildman–Crippen LogP) is 1.78. The molecule has 2 N–H and O–H groups in total. The van der Waals surface area contributed by atoms with Crippen molar-refractivity contribution < 1.29 is 0 Å². The highest BCUT2D eigenvalue weighted by molar-refractivity contribution is 4.92. The van der Waals surface area contributed by atoms with E-state index in [4.69, 9.17) is 5.73 Å². The lowest BCUT2D eigenvalue weighted by Crippen LogP contribution is -2.54. The third-order valence-corrected chi connectivity index (χ3v) is 4.07. The van der Waals surface area contributed by atoms with Gasteiger partial charge in [0.15, 0.2) is 0 Å². The van der Waals surface area contributed by atoms with Gasteiger partial charge in [-0.3, -0.25) is 4.90 Å². The second-order valence-electron chi connectivity index (χ2n) is 6.59. The first-order chi connectivity index (χ1) is 7.86. The van der Waals surface area contributed by atoms with Crippen LogP contribution in [-0.4, -0.2) is 54.6 Å². The van der Waals surface area contributed by atoms with Gasteiger partial charge in [0.1, 0.15) is 0 Å². The first kappa shape index (κ1) is 14.9. The predicted molar refractivity (Wildman–Crippen MR) is 75.2 cm³/mol. The molecule has 0 amide bonds. The Morgan fingerprint density at radius 3 is 2.53 bits per heavy atom. The van der Waals surface area contributed by atoms with Crippen molar-refractivity contribution in [3.63, 3.8) is 0 Å². The fourth-order valence-corrected chi connectivity index (χ4v) is 2.74. The van der Waals surface area contributed by atoms with Crippen LogP contribution < -0.4 is 5.73 Å². The van der Waals surface area contributed by atoms with E-state index in [0.717, 1.165) is 19.0 Å². The van der Waals surface area contributed by atoms with Gasteiger partial charge in [-0.2, -0.15) is 0 Å². The topological polar surface area (TPSA) is 32.5 Å². The molecule has 3 heteroatoms. The van der Waals surface area contributed by atoms with Gasteiger partial charge in [-0.1, -0.05) is 13.8 Å². The fraction of sp³-hybridized carbons (Fsp3) is 1.00. The Bertz CT molecular complexity index is 226. The second-order valence-corrected chi connectivity index (χ2v) is 6.59. The van der Waals surface area contributed by atoms with Crippen LogP contribution >= 0.6 is 0 Å². The summed E-state index contributed by atoms with van der Waals surface area (Å²) in [5, 5.41) is 0. The minimum Gasteiger partial charge on any atom is -0.329 e. The molecule has 1 aliphatic heterocycles. The lowest BCUT2D eigenvalue weighted by Gasteiger charge is -2.42. The molecule has 0 radical (unpaired) electrons. The quantitative estimate of drug-likeness (QED) is 0.814. The van der Waals surface area contributed by atoms with Crippen molar-refractivity contribution in [2.75, 3.05) is 33.2 Å². The van der Waals surface area contributed by atoms with Gasteiger partial charge in [0.25, 0.3) is 0 Å². The van der Waals surface area contributed by atoms with Gasteiger partial charge in [-0.05, 0) is 52.7 Å². The molecule has 0 spiro atoms. The number of likely N-dealkylation sites (N-methyl/N-ethyl adjacent to an activating group) is 1. The molecular formula is C14H31N3. The number of nitrogens with zero attached hydrogens (tertiary/aromatic N) is 2. The van der Waals surface area contributed by atoms with E-state index < -0.39 is 0 Å². The van der Waals surface area contributed by atoms with Crippen molar-refractivity contribution in [1.82, 2.24) is 9.80 Å². The lowest BCUT2D eigenvalue weighted by molar-refractivity contribution is 0.0735. The van der Waals surface area contributed by atoms with Crippen LogP contribution in [0.2, 0.25) is 0 Å². The zero-order valence-corrected chi connectivity index (χ0v) is 12.4. The van der Waals surface area contributed by atoms with Crippen molar-refractivity contribution in [3.05, 3.63) is 0 Å². The van der Waals surface area contributed by atoms with Crippen molar-refractivity contribution in [2.45, 2.75) is 52.1 Å². The van der Waals surface area contributed by atoms with Crippen LogP contribution in [0.5, 0.6) is 0 Å². The van der Waals surface area contributed by atoms with E-state index in [-0.39, 0.29) is 5.54 Å². The summed E-state index contributed by atoms with van der Waals surface area (Å²) in [6.45, 7) is 13.6. The van der Waals surface area contributed by atoms with Crippen LogP contribution in [0.15, 0.2) is 0 Å². The van der Waals surface area contributed by atoms with E-state index in [1.165, 1.54) is 25.9 Å². The molecule has 0 bridgehead atoms. The maximum atomic E-state index is 5.98. The minimum absolute atomic E-state index is 0.281. The summed E-state index contributed by atoms with van der Waals surface area (Å²) in [5.41, 5.74) is 6.27. The third-order valence-electron chi connectivity index (χ3n) is 4.07. The maximum absolute atomic E-state index is 5.98. The summed E-state index contributed by atoms with van der Waals surface area (Å²) >= 11 is 0. The van der Waals surface area contributed by atoms with Gasteiger partial charge >= 0.3 is 0 Å². The van der Waals surface area contributed by atoms with Crippen LogP contribution in [0.3, 0.4) is 0 Å². The van der Waals surface area contributed by atoms with Gasteiger partial charge in [0.05, 0.1) is 0 Å². The number of hydrogen-bond acceptors (Lipinski definition) is 3. The zero-order chi connectivity index (χ0) is 13.1. The highest BCUT2D eigenvalue weighted by Crippen LogP contribution is 2.26. The molecule has 1 rings (SSSR count). The summed E-state index contributed by atoms with van der Waals surface area (Å²) in [6, 6.07) is 0.510. The molecule has 0 aromatic rings. The molecule has 3 nitrogen and oxygen atoms in total. The normalized spacial score (nSPS) is 27.4. The maximum Gasteiger partial charge on any atom is 0.0350 e. The highest BCUT2D eigenvalue weighted by Gasteiger charge is 2.34. The lowest BCUT2D eigenvalue weighted by atomic mass is 9.95. The van der Waals surface area contributed by atoms with Gasteiger partial charge in [0, 0.05) is 24.7 Å². The van der Waals surface area contributed by atoms with Crippen LogP contribution in [0.4, 0.5) is 0 Å². The molecular weight excluding hydrogens is 210 g/mol. The number of rotatable bonds is 4. The van der Waals surface area contributed by atoms with Crippen LogP contribution in [0.1, 0.15) is 40.5 Å². The van der Waals surface area contributed by atoms with Gasteiger partial charge in [-0.15, -0.1) is 0 Å². The largest absolute Gasteiger partial charge is 0.329 e. The van der Waals surface area contributed by atoms with Crippen LogP contribution in [0.25, 0.3) is 0 Å². The van der Waals surface area contributed by atoms with E-state index in [0.29, 0.717) is 6.04 Å². The Hall–Kier alpha value is -0.120. The standard InChI is InChI=1S/C14H31N3/c1-12(2)6-8-17-13(10-15)11-16(5)9-7-14(17,3)4/h12-13H,6-11,15H2,1-5H3. The molecule has 0 aliphatic carbocycles. The van der Waals surface area contributed by atoms with Crippen LogP contribution in [0, 0.1) is 5.92 Å². The molecule has 17 heavy (non-hydrogen) atoms. The third kappa shape index (κ3) is 4.23. The molecule has 1 fully saturated rings. The Kier molecular flexibility index (Phi) is 5.42. The summed E-state index contributed by atoms with van der Waals surface area (Å²) in [4.78, 5) is 5.07. The van der Waals surface area contributed by atoms with Crippen molar-refractivity contribution >= 4 is 0 Å². The fourth-order valence-electron chi connectivity index (χ4n) is 2.74. The Balaban J connectivity index is 2.75. The Morgan fingerprint density at radius 2 is 2.00 bits per heavy atom. The summed E-state index contributed by atoms with van der Waals surface area (Å²) in [7, 11) is 2.21. The first-order valence-corrected chi connectivity index (χ1v) is 7.02. The molecule has 102 valence electrons. The van der Waals surface area contributed by atoms with E-state index in [9.17, 15) is 0 Å². The van der Waals surface area contributed by atoms with E-state index >= 15 is 0 Å². The second kappa shape index (κ2) is 6.17. The summed E-state index contributed by atoms with van der Waals surface area (Å²) in [5.74, 6) is 0.769. The van der Waals surface area contributed by atoms with Gasteiger partial charge in [-0.25, -0.2) is 0 Å². The highest BCUT2D eigenvalue weighted by atomic mass is 15.3. The Morgan fingerprint density at radius 1 is 1.35 bits per heavy atom. The monoisotopic (exact) mass is 241 g/mol. The average molecular weight is 241 g/mol. The van der Waals surface area contributed by atoms with Crippen molar-refractivity contribution in [1.29, 1.82) is 0 Å². The first-order valence-electron chi connectivity index (χ1n) is 7.02. The molecule has 0 aromatic carbocycles. The molecule has 1 heterocycles. The van der Waals surface area contributed by atoms with Crippen LogP contribution in [-0.2, 0) is 0 Å². The smallest absolute Gasteiger partial charge is 0.0350 e. The average Bonchev–Trinajstić information content (AvgIpc) is 2.34.